The molecule has 5 nitrogen and oxygen atoms in total. The van der Waals surface area contributed by atoms with E-state index in [1.54, 1.807) is 0 Å². The second-order valence-corrected chi connectivity index (χ2v) is 5.09. The molecular formula is C14H19ClN2O3. The summed E-state index contributed by atoms with van der Waals surface area (Å²) in [5.74, 6) is -0.212. The third-order valence-corrected chi connectivity index (χ3v) is 3.39. The molecule has 1 amide bonds. The van der Waals surface area contributed by atoms with Gasteiger partial charge in [0.2, 0.25) is 5.91 Å². The number of anilines is 1. The number of non-ortho nitro benzene ring substituents is 1. The summed E-state index contributed by atoms with van der Waals surface area (Å²) < 4.78 is 0. The van der Waals surface area contributed by atoms with Crippen molar-refractivity contribution in [1.29, 1.82) is 0 Å². The summed E-state index contributed by atoms with van der Waals surface area (Å²) in [6, 6.07) is 4.02. The number of hydrogen-bond acceptors (Lipinski definition) is 3. The molecule has 0 bridgehead atoms. The molecule has 0 saturated heterocycles. The number of halogens is 1. The van der Waals surface area contributed by atoms with Crippen molar-refractivity contribution in [3.05, 3.63) is 33.3 Å². The van der Waals surface area contributed by atoms with E-state index < -0.39 is 4.92 Å². The van der Waals surface area contributed by atoms with Crippen molar-refractivity contribution in [3.63, 3.8) is 0 Å². The van der Waals surface area contributed by atoms with E-state index >= 15 is 0 Å². The number of nitrogens with one attached hydrogen (secondary N) is 1. The zero-order chi connectivity index (χ0) is 15.1. The van der Waals surface area contributed by atoms with Crippen LogP contribution in [0, 0.1) is 16.0 Å². The average Bonchev–Trinajstić information content (AvgIpc) is 2.40. The van der Waals surface area contributed by atoms with E-state index in [2.05, 4.69) is 5.32 Å². The summed E-state index contributed by atoms with van der Waals surface area (Å²) in [5.41, 5.74) is 0.204. The Kier molecular flexibility index (Phi) is 6.45. The van der Waals surface area contributed by atoms with E-state index in [4.69, 9.17) is 11.6 Å². The number of carbonyl (C=O) groups excluding carboxylic acids is 1. The van der Waals surface area contributed by atoms with Crippen LogP contribution < -0.4 is 5.32 Å². The van der Waals surface area contributed by atoms with E-state index in [1.807, 2.05) is 13.8 Å². The minimum absolute atomic E-state index is 0.0830. The number of amides is 1. The first kappa shape index (κ1) is 16.4. The summed E-state index contributed by atoms with van der Waals surface area (Å²) >= 11 is 5.97. The molecule has 0 aliphatic rings. The van der Waals surface area contributed by atoms with E-state index in [1.165, 1.54) is 18.2 Å². The van der Waals surface area contributed by atoms with Gasteiger partial charge in [-0.25, -0.2) is 0 Å². The zero-order valence-corrected chi connectivity index (χ0v) is 12.4. The number of benzene rings is 1. The smallest absolute Gasteiger partial charge is 0.271 e. The normalized spacial score (nSPS) is 10.6. The fourth-order valence-electron chi connectivity index (χ4n) is 2.06. The molecule has 110 valence electrons. The standard InChI is InChI=1S/C14H19ClN2O3/c1-3-5-10(6-4-2)14(18)16-13-9-11(17(19)20)7-8-12(13)15/h7-10H,3-6H2,1-2H3,(H,16,18). The Hall–Kier alpha value is -1.62. The van der Waals surface area contributed by atoms with Gasteiger partial charge >= 0.3 is 0 Å². The van der Waals surface area contributed by atoms with Crippen molar-refractivity contribution in [2.24, 2.45) is 5.92 Å². The average molecular weight is 299 g/mol. The van der Waals surface area contributed by atoms with Crippen molar-refractivity contribution in [1.82, 2.24) is 0 Å². The van der Waals surface area contributed by atoms with Gasteiger partial charge in [-0.15, -0.1) is 0 Å². The quantitative estimate of drug-likeness (QED) is 0.599. The second kappa shape index (κ2) is 7.85. The monoisotopic (exact) mass is 298 g/mol. The molecule has 0 radical (unpaired) electrons. The number of nitro benzene ring substituents is 1. The Morgan fingerprint density at radius 1 is 1.35 bits per heavy atom. The fraction of sp³-hybridized carbons (Fsp3) is 0.500. The molecule has 1 rings (SSSR count). The van der Waals surface area contributed by atoms with Gasteiger partial charge in [-0.2, -0.15) is 0 Å². The zero-order valence-electron chi connectivity index (χ0n) is 11.7. The van der Waals surface area contributed by atoms with Gasteiger partial charge in [0.1, 0.15) is 0 Å². The van der Waals surface area contributed by atoms with Crippen LogP contribution >= 0.6 is 11.6 Å². The van der Waals surface area contributed by atoms with Gasteiger partial charge in [-0.3, -0.25) is 14.9 Å². The van der Waals surface area contributed by atoms with Crippen LogP contribution in [-0.4, -0.2) is 10.8 Å². The lowest BCUT2D eigenvalue weighted by molar-refractivity contribution is -0.384. The number of carbonyl (C=O) groups is 1. The highest BCUT2D eigenvalue weighted by Crippen LogP contribution is 2.27. The lowest BCUT2D eigenvalue weighted by Crippen LogP contribution is -2.22. The Labute approximate surface area is 123 Å². The highest BCUT2D eigenvalue weighted by molar-refractivity contribution is 6.33. The van der Waals surface area contributed by atoms with Crippen LogP contribution in [0.1, 0.15) is 39.5 Å². The molecule has 0 aromatic heterocycles. The molecule has 0 atom stereocenters. The van der Waals surface area contributed by atoms with Crippen LogP contribution in [0.4, 0.5) is 11.4 Å². The van der Waals surface area contributed by atoms with Gasteiger partial charge in [0.25, 0.3) is 5.69 Å². The summed E-state index contributed by atoms with van der Waals surface area (Å²) in [5, 5.41) is 13.7. The molecule has 0 unspecified atom stereocenters. The molecule has 1 N–H and O–H groups in total. The minimum atomic E-state index is -0.512. The molecule has 0 aliphatic carbocycles. The van der Waals surface area contributed by atoms with Gasteiger partial charge in [0, 0.05) is 18.1 Å². The van der Waals surface area contributed by atoms with Gasteiger partial charge in [0.15, 0.2) is 0 Å². The Morgan fingerprint density at radius 2 is 1.95 bits per heavy atom. The highest BCUT2D eigenvalue weighted by Gasteiger charge is 2.19. The maximum absolute atomic E-state index is 12.2. The molecule has 1 aromatic rings. The molecule has 6 heteroatoms. The topological polar surface area (TPSA) is 72.2 Å². The summed E-state index contributed by atoms with van der Waals surface area (Å²) in [4.78, 5) is 22.4. The molecule has 20 heavy (non-hydrogen) atoms. The van der Waals surface area contributed by atoms with Crippen LogP contribution in [-0.2, 0) is 4.79 Å². The van der Waals surface area contributed by atoms with Crippen molar-refractivity contribution in [2.45, 2.75) is 39.5 Å². The second-order valence-electron chi connectivity index (χ2n) is 4.68. The van der Waals surface area contributed by atoms with Gasteiger partial charge in [-0.1, -0.05) is 38.3 Å². The largest absolute Gasteiger partial charge is 0.324 e. The molecule has 0 fully saturated rings. The van der Waals surface area contributed by atoms with E-state index in [0.29, 0.717) is 10.7 Å². The van der Waals surface area contributed by atoms with Crippen molar-refractivity contribution in [2.75, 3.05) is 5.32 Å². The number of hydrogen-bond donors (Lipinski definition) is 1. The van der Waals surface area contributed by atoms with Crippen LogP contribution in [0.15, 0.2) is 18.2 Å². The van der Waals surface area contributed by atoms with Gasteiger partial charge < -0.3 is 5.32 Å². The Morgan fingerprint density at radius 3 is 2.45 bits per heavy atom. The summed E-state index contributed by atoms with van der Waals surface area (Å²) in [6.07, 6.45) is 3.43. The number of nitrogens with zero attached hydrogens (tertiary/aromatic N) is 1. The first-order valence-corrected chi connectivity index (χ1v) is 7.12. The van der Waals surface area contributed by atoms with Crippen LogP contribution in [0.5, 0.6) is 0 Å². The highest BCUT2D eigenvalue weighted by atomic mass is 35.5. The lowest BCUT2D eigenvalue weighted by Gasteiger charge is -2.15. The Balaban J connectivity index is 2.87. The molecule has 0 aliphatic heterocycles. The fourth-order valence-corrected chi connectivity index (χ4v) is 2.23. The molecule has 1 aromatic carbocycles. The van der Waals surface area contributed by atoms with Crippen LogP contribution in [0.2, 0.25) is 5.02 Å². The van der Waals surface area contributed by atoms with Crippen LogP contribution in [0.3, 0.4) is 0 Å². The van der Waals surface area contributed by atoms with E-state index in [9.17, 15) is 14.9 Å². The first-order chi connectivity index (χ1) is 9.49. The van der Waals surface area contributed by atoms with Crippen molar-refractivity contribution < 1.29 is 9.72 Å². The Bertz CT molecular complexity index is 485. The predicted octanol–water partition coefficient (Wildman–Crippen LogP) is 4.40. The SMILES string of the molecule is CCCC(CCC)C(=O)Nc1cc([N+](=O)[O-])ccc1Cl. The predicted molar refractivity (Wildman–Crippen MR) is 80.0 cm³/mol. The van der Waals surface area contributed by atoms with Gasteiger partial charge in [0.05, 0.1) is 15.6 Å². The molecule has 0 spiro atoms. The summed E-state index contributed by atoms with van der Waals surface area (Å²) in [7, 11) is 0. The third-order valence-electron chi connectivity index (χ3n) is 3.06. The van der Waals surface area contributed by atoms with Crippen molar-refractivity contribution in [3.8, 4) is 0 Å². The number of nitro groups is 1. The lowest BCUT2D eigenvalue weighted by atomic mass is 9.97. The minimum Gasteiger partial charge on any atom is -0.324 e. The number of rotatable bonds is 7. The third kappa shape index (κ3) is 4.49. The molecule has 0 saturated carbocycles. The van der Waals surface area contributed by atoms with Gasteiger partial charge in [-0.05, 0) is 18.9 Å². The maximum Gasteiger partial charge on any atom is 0.271 e. The van der Waals surface area contributed by atoms with Crippen molar-refractivity contribution >= 4 is 28.9 Å². The summed E-state index contributed by atoms with van der Waals surface area (Å²) in [6.45, 7) is 4.05. The van der Waals surface area contributed by atoms with Crippen LogP contribution in [0.25, 0.3) is 0 Å². The maximum atomic E-state index is 12.2. The molecule has 0 heterocycles. The van der Waals surface area contributed by atoms with E-state index in [-0.39, 0.29) is 17.5 Å². The van der Waals surface area contributed by atoms with E-state index in [0.717, 1.165) is 25.7 Å². The molecular weight excluding hydrogens is 280 g/mol. The first-order valence-electron chi connectivity index (χ1n) is 6.74.